The molecule has 2 aliphatic heterocycles. The molecular weight excluding hydrogens is 402 g/mol. The highest BCUT2D eigenvalue weighted by molar-refractivity contribution is 6.30. The Labute approximate surface area is 180 Å². The summed E-state index contributed by atoms with van der Waals surface area (Å²) in [6, 6.07) is 12.4. The Bertz CT molecular complexity index is 1000. The van der Waals surface area contributed by atoms with Crippen molar-refractivity contribution in [2.75, 3.05) is 13.1 Å². The van der Waals surface area contributed by atoms with E-state index in [-0.39, 0.29) is 24.9 Å². The minimum atomic E-state index is -1.06. The van der Waals surface area contributed by atoms with Crippen LogP contribution in [0.15, 0.2) is 42.5 Å². The molecule has 1 spiro atoms. The van der Waals surface area contributed by atoms with Crippen LogP contribution < -0.4 is 5.32 Å². The summed E-state index contributed by atoms with van der Waals surface area (Å²) in [4.78, 5) is 41.9. The van der Waals surface area contributed by atoms with E-state index in [1.165, 1.54) is 4.90 Å². The summed E-state index contributed by atoms with van der Waals surface area (Å²) in [5.41, 5.74) is 2.41. The van der Waals surface area contributed by atoms with Crippen LogP contribution in [0, 0.1) is 13.8 Å². The van der Waals surface area contributed by atoms with Gasteiger partial charge in [0.2, 0.25) is 0 Å². The summed E-state index contributed by atoms with van der Waals surface area (Å²) in [5.74, 6) is -0.389. The second kappa shape index (κ2) is 7.76. The van der Waals surface area contributed by atoms with Gasteiger partial charge in [-0.3, -0.25) is 14.5 Å². The number of nitrogens with zero attached hydrogens (tertiary/aromatic N) is 2. The molecule has 0 aliphatic carbocycles. The molecule has 0 unspecified atom stereocenters. The second-order valence-corrected chi connectivity index (χ2v) is 8.67. The van der Waals surface area contributed by atoms with Crippen LogP contribution in [0.25, 0.3) is 0 Å². The van der Waals surface area contributed by atoms with Crippen molar-refractivity contribution in [3.05, 3.63) is 69.7 Å². The number of nitrogens with one attached hydrogen (secondary N) is 1. The van der Waals surface area contributed by atoms with Crippen molar-refractivity contribution in [1.82, 2.24) is 15.1 Å². The fourth-order valence-corrected chi connectivity index (χ4v) is 4.50. The largest absolute Gasteiger partial charge is 0.336 e. The first kappa shape index (κ1) is 20.4. The van der Waals surface area contributed by atoms with E-state index < -0.39 is 11.6 Å². The fourth-order valence-electron chi connectivity index (χ4n) is 4.38. The first-order valence-corrected chi connectivity index (χ1v) is 10.4. The molecule has 2 heterocycles. The van der Waals surface area contributed by atoms with Crippen molar-refractivity contribution in [2.45, 2.75) is 38.8 Å². The molecule has 6 nitrogen and oxygen atoms in total. The van der Waals surface area contributed by atoms with Crippen LogP contribution in [0.4, 0.5) is 4.79 Å². The first-order valence-electron chi connectivity index (χ1n) is 10.0. The molecule has 4 rings (SSSR count). The van der Waals surface area contributed by atoms with Gasteiger partial charge in [-0.05, 0) is 56.5 Å². The van der Waals surface area contributed by atoms with Crippen molar-refractivity contribution in [3.63, 3.8) is 0 Å². The Kier molecular flexibility index (Phi) is 5.28. The number of urea groups is 1. The third-order valence-corrected chi connectivity index (χ3v) is 6.00. The molecule has 156 valence electrons. The molecule has 7 heteroatoms. The third kappa shape index (κ3) is 3.79. The molecule has 2 fully saturated rings. The van der Waals surface area contributed by atoms with Gasteiger partial charge in [-0.2, -0.15) is 0 Å². The monoisotopic (exact) mass is 425 g/mol. The van der Waals surface area contributed by atoms with Crippen LogP contribution in [0.2, 0.25) is 5.02 Å². The van der Waals surface area contributed by atoms with Crippen LogP contribution in [-0.4, -0.2) is 46.3 Å². The summed E-state index contributed by atoms with van der Waals surface area (Å²) in [6.07, 6.45) is 1.17. The molecule has 30 heavy (non-hydrogen) atoms. The molecule has 1 atom stereocenters. The third-order valence-electron chi connectivity index (χ3n) is 5.75. The summed E-state index contributed by atoms with van der Waals surface area (Å²) in [6.45, 7) is 4.83. The highest BCUT2D eigenvalue weighted by Gasteiger charge is 2.53. The Morgan fingerprint density at radius 1 is 1.10 bits per heavy atom. The minimum Gasteiger partial charge on any atom is -0.336 e. The van der Waals surface area contributed by atoms with E-state index in [2.05, 4.69) is 5.32 Å². The standard InChI is InChI=1S/C23H24ClN3O3/c1-15-10-16(2)12-18(11-15)20(28)26-9-3-8-23(14-26)21(29)27(22(30)25-23)13-17-4-6-19(24)7-5-17/h4-7,10-12H,3,8-9,13-14H2,1-2H3,(H,25,30)/t23-/m1/s1. The van der Waals surface area contributed by atoms with Crippen LogP contribution in [-0.2, 0) is 11.3 Å². The van der Waals surface area contributed by atoms with Crippen LogP contribution in [0.5, 0.6) is 0 Å². The molecule has 0 aromatic heterocycles. The lowest BCUT2D eigenvalue weighted by atomic mass is 9.88. The van der Waals surface area contributed by atoms with E-state index >= 15 is 0 Å². The zero-order chi connectivity index (χ0) is 21.5. The van der Waals surface area contributed by atoms with E-state index in [0.29, 0.717) is 30.0 Å². The number of imide groups is 1. The predicted octanol–water partition coefficient (Wildman–Crippen LogP) is 3.68. The number of rotatable bonds is 3. The average Bonchev–Trinajstić information content (AvgIpc) is 2.92. The maximum atomic E-state index is 13.3. The highest BCUT2D eigenvalue weighted by atomic mass is 35.5. The van der Waals surface area contributed by atoms with Crippen molar-refractivity contribution in [3.8, 4) is 0 Å². The molecule has 2 saturated heterocycles. The normalized spacial score (nSPS) is 21.3. The number of carbonyl (C=O) groups excluding carboxylic acids is 3. The topological polar surface area (TPSA) is 69.7 Å². The Hall–Kier alpha value is -2.86. The minimum absolute atomic E-state index is 0.112. The van der Waals surface area contributed by atoms with Gasteiger partial charge in [0.05, 0.1) is 13.1 Å². The summed E-state index contributed by atoms with van der Waals surface area (Å²) >= 11 is 5.92. The average molecular weight is 426 g/mol. The van der Waals surface area contributed by atoms with Gasteiger partial charge < -0.3 is 10.2 Å². The van der Waals surface area contributed by atoms with Crippen molar-refractivity contribution in [2.24, 2.45) is 0 Å². The van der Waals surface area contributed by atoms with Gasteiger partial charge in [-0.25, -0.2) is 4.79 Å². The molecule has 0 radical (unpaired) electrons. The number of piperidine rings is 1. The Balaban J connectivity index is 1.54. The number of halogens is 1. The van der Waals surface area contributed by atoms with Crippen LogP contribution in [0.1, 0.15) is 39.9 Å². The number of benzene rings is 2. The fraction of sp³-hybridized carbons (Fsp3) is 0.348. The van der Waals surface area contributed by atoms with Gasteiger partial charge in [0.1, 0.15) is 5.54 Å². The van der Waals surface area contributed by atoms with E-state index in [4.69, 9.17) is 11.6 Å². The smallest absolute Gasteiger partial charge is 0.325 e. The maximum Gasteiger partial charge on any atom is 0.325 e. The van der Waals surface area contributed by atoms with E-state index in [9.17, 15) is 14.4 Å². The number of likely N-dealkylation sites (tertiary alicyclic amines) is 1. The molecule has 0 saturated carbocycles. The Morgan fingerprint density at radius 3 is 2.43 bits per heavy atom. The number of amides is 4. The van der Waals surface area contributed by atoms with Gasteiger partial charge >= 0.3 is 6.03 Å². The van der Waals surface area contributed by atoms with Gasteiger partial charge in [-0.15, -0.1) is 0 Å². The predicted molar refractivity (Wildman–Crippen MR) is 114 cm³/mol. The van der Waals surface area contributed by atoms with E-state index in [1.54, 1.807) is 29.2 Å². The lowest BCUT2D eigenvalue weighted by Gasteiger charge is -2.38. The molecule has 1 N–H and O–H groups in total. The van der Waals surface area contributed by atoms with Crippen molar-refractivity contribution in [1.29, 1.82) is 0 Å². The molecule has 2 aliphatic rings. The van der Waals surface area contributed by atoms with Crippen LogP contribution in [0.3, 0.4) is 0 Å². The summed E-state index contributed by atoms with van der Waals surface area (Å²) < 4.78 is 0. The number of aryl methyl sites for hydroxylation is 2. The molecule has 4 amide bonds. The number of hydrogen-bond acceptors (Lipinski definition) is 3. The number of carbonyl (C=O) groups is 3. The van der Waals surface area contributed by atoms with Gasteiger partial charge in [0.15, 0.2) is 0 Å². The molecule has 2 aromatic rings. The zero-order valence-electron chi connectivity index (χ0n) is 17.1. The van der Waals surface area contributed by atoms with E-state index in [0.717, 1.165) is 16.7 Å². The zero-order valence-corrected chi connectivity index (χ0v) is 17.8. The summed E-state index contributed by atoms with van der Waals surface area (Å²) in [7, 11) is 0. The maximum absolute atomic E-state index is 13.3. The van der Waals surface area contributed by atoms with E-state index in [1.807, 2.05) is 32.0 Å². The van der Waals surface area contributed by atoms with Crippen LogP contribution >= 0.6 is 11.6 Å². The molecule has 2 aromatic carbocycles. The van der Waals surface area contributed by atoms with Crippen molar-refractivity contribution >= 4 is 29.4 Å². The van der Waals surface area contributed by atoms with Gasteiger partial charge in [-0.1, -0.05) is 40.9 Å². The van der Waals surface area contributed by atoms with Gasteiger partial charge in [0.25, 0.3) is 11.8 Å². The molecular formula is C23H24ClN3O3. The van der Waals surface area contributed by atoms with Gasteiger partial charge in [0, 0.05) is 17.1 Å². The Morgan fingerprint density at radius 2 is 1.77 bits per heavy atom. The quantitative estimate of drug-likeness (QED) is 0.762. The SMILES string of the molecule is Cc1cc(C)cc(C(=O)N2CCC[C@]3(C2)NC(=O)N(Cc2ccc(Cl)cc2)C3=O)c1. The lowest BCUT2D eigenvalue weighted by Crippen LogP contribution is -2.59. The lowest BCUT2D eigenvalue weighted by molar-refractivity contribution is -0.133. The summed E-state index contributed by atoms with van der Waals surface area (Å²) in [5, 5.41) is 3.47. The number of hydrogen-bond donors (Lipinski definition) is 1. The highest BCUT2D eigenvalue weighted by Crippen LogP contribution is 2.30. The second-order valence-electron chi connectivity index (χ2n) is 8.24. The first-order chi connectivity index (χ1) is 14.3. The molecule has 0 bridgehead atoms. The van der Waals surface area contributed by atoms with Crippen molar-refractivity contribution < 1.29 is 14.4 Å².